The third-order valence-electron chi connectivity index (χ3n) is 2.92. The van der Waals surface area contributed by atoms with Crippen LogP contribution in [0.25, 0.3) is 0 Å². The molecule has 1 heterocycles. The van der Waals surface area contributed by atoms with Crippen LogP contribution >= 0.6 is 0 Å². The van der Waals surface area contributed by atoms with Gasteiger partial charge in [0, 0.05) is 13.1 Å². The van der Waals surface area contributed by atoms with Crippen LogP contribution in [0.5, 0.6) is 0 Å². The van der Waals surface area contributed by atoms with Crippen molar-refractivity contribution in [3.63, 3.8) is 0 Å². The summed E-state index contributed by atoms with van der Waals surface area (Å²) in [6.45, 7) is 0.529. The smallest absolute Gasteiger partial charge is 0.218 e. The summed E-state index contributed by atoms with van der Waals surface area (Å²) < 4.78 is 25.5. The van der Waals surface area contributed by atoms with E-state index in [4.69, 9.17) is 5.26 Å². The Hall–Kier alpha value is -1.42. The van der Waals surface area contributed by atoms with Crippen molar-refractivity contribution in [1.29, 1.82) is 5.26 Å². The third kappa shape index (κ3) is 2.88. The molecule has 5 nitrogen and oxygen atoms in total. The molecule has 1 atom stereocenters. The highest BCUT2D eigenvalue weighted by Gasteiger charge is 2.30. The van der Waals surface area contributed by atoms with Gasteiger partial charge < -0.3 is 5.11 Å². The lowest BCUT2D eigenvalue weighted by Gasteiger charge is -2.15. The van der Waals surface area contributed by atoms with Gasteiger partial charge >= 0.3 is 0 Å². The molecule has 1 N–H and O–H groups in total. The standard InChI is InChI=1S/C12H14N2O3S/c13-7-10-2-1-3-11(6-10)9-18(16,17)14-5-4-12(15)8-14/h1-3,6,12,15H,4-5,8-9H2. The number of benzene rings is 1. The molecule has 1 unspecified atom stereocenters. The lowest BCUT2D eigenvalue weighted by molar-refractivity contribution is 0.189. The highest BCUT2D eigenvalue weighted by molar-refractivity contribution is 7.88. The van der Waals surface area contributed by atoms with Crippen LogP contribution in [0.2, 0.25) is 0 Å². The van der Waals surface area contributed by atoms with Gasteiger partial charge in [-0.25, -0.2) is 8.42 Å². The summed E-state index contributed by atoms with van der Waals surface area (Å²) >= 11 is 0. The molecule has 0 saturated carbocycles. The van der Waals surface area contributed by atoms with E-state index in [0.29, 0.717) is 24.1 Å². The number of rotatable bonds is 3. The summed E-state index contributed by atoms with van der Waals surface area (Å²) in [7, 11) is -3.41. The van der Waals surface area contributed by atoms with E-state index in [1.54, 1.807) is 24.3 Å². The molecule has 1 aliphatic heterocycles. The van der Waals surface area contributed by atoms with Gasteiger partial charge in [-0.1, -0.05) is 12.1 Å². The Kier molecular flexibility index (Phi) is 3.66. The Bertz CT molecular complexity index is 577. The van der Waals surface area contributed by atoms with Gasteiger partial charge in [-0.05, 0) is 24.1 Å². The van der Waals surface area contributed by atoms with Crippen LogP contribution in [0.1, 0.15) is 17.5 Å². The predicted octanol–water partition coefficient (Wildman–Crippen LogP) is 0.455. The summed E-state index contributed by atoms with van der Waals surface area (Å²) in [5, 5.41) is 18.1. The molecule has 1 aliphatic rings. The van der Waals surface area contributed by atoms with Crippen LogP contribution in [0, 0.1) is 11.3 Å². The maximum absolute atomic E-state index is 12.1. The van der Waals surface area contributed by atoms with Gasteiger partial charge in [0.15, 0.2) is 0 Å². The molecule has 1 saturated heterocycles. The van der Waals surface area contributed by atoms with Gasteiger partial charge in [0.2, 0.25) is 10.0 Å². The maximum Gasteiger partial charge on any atom is 0.218 e. The average molecular weight is 266 g/mol. The van der Waals surface area contributed by atoms with Gasteiger partial charge in [0.25, 0.3) is 0 Å². The van der Waals surface area contributed by atoms with Gasteiger partial charge in [0.05, 0.1) is 23.5 Å². The number of sulfonamides is 1. The minimum absolute atomic E-state index is 0.130. The fraction of sp³-hybridized carbons (Fsp3) is 0.417. The van der Waals surface area contributed by atoms with E-state index in [1.807, 2.05) is 6.07 Å². The summed E-state index contributed by atoms with van der Waals surface area (Å²) in [4.78, 5) is 0. The maximum atomic E-state index is 12.1. The first kappa shape index (κ1) is 13.0. The Balaban J connectivity index is 2.15. The molecule has 1 aromatic rings. The topological polar surface area (TPSA) is 81.4 Å². The second-order valence-corrected chi connectivity index (χ2v) is 6.34. The number of nitriles is 1. The Morgan fingerprint density at radius 1 is 1.50 bits per heavy atom. The van der Waals surface area contributed by atoms with Crippen molar-refractivity contribution in [2.24, 2.45) is 0 Å². The first-order valence-electron chi connectivity index (χ1n) is 5.66. The molecule has 1 aromatic carbocycles. The SMILES string of the molecule is N#Cc1cccc(CS(=O)(=O)N2CCC(O)C2)c1. The summed E-state index contributed by atoms with van der Waals surface area (Å²) in [6.07, 6.45) is -0.0810. The van der Waals surface area contributed by atoms with Gasteiger partial charge in [-0.2, -0.15) is 9.57 Å². The normalized spacial score (nSPS) is 20.8. The Labute approximate surface area is 106 Å². The second kappa shape index (κ2) is 5.06. The number of hydrogen-bond donors (Lipinski definition) is 1. The van der Waals surface area contributed by atoms with Crippen molar-refractivity contribution in [1.82, 2.24) is 4.31 Å². The summed E-state index contributed by atoms with van der Waals surface area (Å²) in [5.74, 6) is -0.130. The zero-order valence-corrected chi connectivity index (χ0v) is 10.6. The van der Waals surface area contributed by atoms with Crippen LogP contribution in [-0.2, 0) is 15.8 Å². The molecule has 0 amide bonds. The van der Waals surface area contributed by atoms with E-state index in [0.717, 1.165) is 0 Å². The molecule has 6 heteroatoms. The summed E-state index contributed by atoms with van der Waals surface area (Å²) in [5.41, 5.74) is 1.04. The number of β-amino-alcohol motifs (C(OH)–C–C–N with tert-alkyl or cyclic N) is 1. The molecule has 18 heavy (non-hydrogen) atoms. The minimum atomic E-state index is -3.41. The van der Waals surface area contributed by atoms with E-state index in [9.17, 15) is 13.5 Å². The molecule has 0 aliphatic carbocycles. The number of nitrogens with zero attached hydrogens (tertiary/aromatic N) is 2. The van der Waals surface area contributed by atoms with E-state index in [1.165, 1.54) is 4.31 Å². The van der Waals surface area contributed by atoms with Gasteiger partial charge in [-0.3, -0.25) is 0 Å². The molecule has 96 valence electrons. The van der Waals surface area contributed by atoms with Crippen molar-refractivity contribution in [3.05, 3.63) is 35.4 Å². The van der Waals surface area contributed by atoms with Crippen LogP contribution < -0.4 is 0 Å². The van der Waals surface area contributed by atoms with E-state index < -0.39 is 16.1 Å². The lowest BCUT2D eigenvalue weighted by Crippen LogP contribution is -2.30. The van der Waals surface area contributed by atoms with Crippen LogP contribution in [0.3, 0.4) is 0 Å². The van der Waals surface area contributed by atoms with Crippen molar-refractivity contribution >= 4 is 10.0 Å². The first-order valence-corrected chi connectivity index (χ1v) is 7.27. The monoisotopic (exact) mass is 266 g/mol. The Morgan fingerprint density at radius 2 is 2.28 bits per heavy atom. The molecule has 0 radical (unpaired) electrons. The van der Waals surface area contributed by atoms with Crippen molar-refractivity contribution in [2.45, 2.75) is 18.3 Å². The average Bonchev–Trinajstić information content (AvgIpc) is 2.76. The summed E-state index contributed by atoms with van der Waals surface area (Å²) in [6, 6.07) is 8.54. The van der Waals surface area contributed by atoms with Crippen molar-refractivity contribution in [2.75, 3.05) is 13.1 Å². The highest BCUT2D eigenvalue weighted by Crippen LogP contribution is 2.18. The molecule has 0 spiro atoms. The molecule has 0 aromatic heterocycles. The molecular weight excluding hydrogens is 252 g/mol. The van der Waals surface area contributed by atoms with E-state index in [-0.39, 0.29) is 12.3 Å². The zero-order chi connectivity index (χ0) is 13.2. The fourth-order valence-corrected chi connectivity index (χ4v) is 3.56. The number of aliphatic hydroxyl groups is 1. The molecule has 2 rings (SSSR count). The van der Waals surface area contributed by atoms with Crippen LogP contribution in [0.4, 0.5) is 0 Å². The van der Waals surface area contributed by atoms with Crippen molar-refractivity contribution < 1.29 is 13.5 Å². The van der Waals surface area contributed by atoms with Crippen LogP contribution in [0.15, 0.2) is 24.3 Å². The van der Waals surface area contributed by atoms with Crippen molar-refractivity contribution in [3.8, 4) is 6.07 Å². The fourth-order valence-electron chi connectivity index (χ4n) is 2.00. The van der Waals surface area contributed by atoms with E-state index in [2.05, 4.69) is 0 Å². The van der Waals surface area contributed by atoms with E-state index >= 15 is 0 Å². The molecular formula is C12H14N2O3S. The number of hydrogen-bond acceptors (Lipinski definition) is 4. The number of aliphatic hydroxyl groups excluding tert-OH is 1. The molecule has 1 fully saturated rings. The first-order chi connectivity index (χ1) is 8.51. The largest absolute Gasteiger partial charge is 0.392 e. The third-order valence-corrected chi connectivity index (χ3v) is 4.74. The quantitative estimate of drug-likeness (QED) is 0.861. The Morgan fingerprint density at radius 3 is 2.89 bits per heavy atom. The lowest BCUT2D eigenvalue weighted by atomic mass is 10.2. The second-order valence-electron chi connectivity index (χ2n) is 4.37. The highest BCUT2D eigenvalue weighted by atomic mass is 32.2. The van der Waals surface area contributed by atoms with Crippen LogP contribution in [-0.4, -0.2) is 37.0 Å². The molecule has 0 bridgehead atoms. The zero-order valence-electron chi connectivity index (χ0n) is 9.78. The predicted molar refractivity (Wildman–Crippen MR) is 66.0 cm³/mol. The minimum Gasteiger partial charge on any atom is -0.392 e. The van der Waals surface area contributed by atoms with Gasteiger partial charge in [-0.15, -0.1) is 0 Å². The van der Waals surface area contributed by atoms with Gasteiger partial charge in [0.1, 0.15) is 0 Å².